The Labute approximate surface area is 151 Å². The van der Waals surface area contributed by atoms with Gasteiger partial charge in [0.1, 0.15) is 5.75 Å². The smallest absolute Gasteiger partial charge is 0.410 e. The first kappa shape index (κ1) is 16.4. The highest BCUT2D eigenvalue weighted by Crippen LogP contribution is 2.19. The van der Waals surface area contributed by atoms with E-state index < -0.39 is 0 Å². The van der Waals surface area contributed by atoms with Crippen LogP contribution in [0.2, 0.25) is 0 Å². The average molecular weight is 349 g/mol. The number of fused-ring (bicyclic) bond motifs is 1. The van der Waals surface area contributed by atoms with Gasteiger partial charge in [-0.2, -0.15) is 0 Å². The quantitative estimate of drug-likeness (QED) is 0.723. The highest BCUT2D eigenvalue weighted by Gasteiger charge is 2.23. The molecule has 2 aromatic heterocycles. The Kier molecular flexibility index (Phi) is 4.70. The second-order valence-electron chi connectivity index (χ2n) is 6.19. The number of hydrogen-bond donors (Lipinski definition) is 0. The van der Waals surface area contributed by atoms with E-state index in [1.165, 1.54) is 0 Å². The van der Waals surface area contributed by atoms with Crippen LogP contribution in [0.5, 0.6) is 5.75 Å². The van der Waals surface area contributed by atoms with E-state index in [0.717, 1.165) is 36.2 Å². The molecule has 132 valence electrons. The molecule has 1 amide bonds. The molecule has 3 heterocycles. The zero-order valence-corrected chi connectivity index (χ0v) is 14.3. The Bertz CT molecular complexity index is 895. The second kappa shape index (κ2) is 7.45. The van der Waals surface area contributed by atoms with Crippen LogP contribution in [0.15, 0.2) is 55.1 Å². The van der Waals surface area contributed by atoms with Crippen molar-refractivity contribution < 1.29 is 9.53 Å². The minimum absolute atomic E-state index is 0.320. The summed E-state index contributed by atoms with van der Waals surface area (Å²) in [5.74, 6) is 0.517. The van der Waals surface area contributed by atoms with Crippen molar-refractivity contribution in [1.29, 1.82) is 0 Å². The predicted molar refractivity (Wildman–Crippen MR) is 96.6 cm³/mol. The highest BCUT2D eigenvalue weighted by molar-refractivity contribution is 5.81. The third-order valence-electron chi connectivity index (χ3n) is 4.42. The highest BCUT2D eigenvalue weighted by atomic mass is 16.6. The lowest BCUT2D eigenvalue weighted by Crippen LogP contribution is -2.49. The van der Waals surface area contributed by atoms with E-state index in [0.29, 0.717) is 18.8 Å². The summed E-state index contributed by atoms with van der Waals surface area (Å²) in [6, 6.07) is 9.35. The Morgan fingerprint density at radius 1 is 1.04 bits per heavy atom. The summed E-state index contributed by atoms with van der Waals surface area (Å²) in [6.07, 6.45) is 6.54. The van der Waals surface area contributed by atoms with Gasteiger partial charge in [0.15, 0.2) is 0 Å². The summed E-state index contributed by atoms with van der Waals surface area (Å²) < 4.78 is 5.52. The van der Waals surface area contributed by atoms with Gasteiger partial charge in [-0.05, 0) is 18.2 Å². The van der Waals surface area contributed by atoms with E-state index in [2.05, 4.69) is 19.9 Å². The van der Waals surface area contributed by atoms with Crippen LogP contribution in [-0.4, -0.2) is 57.0 Å². The summed E-state index contributed by atoms with van der Waals surface area (Å²) >= 11 is 0. The van der Waals surface area contributed by atoms with Crippen molar-refractivity contribution >= 4 is 17.0 Å². The minimum Gasteiger partial charge on any atom is -0.410 e. The van der Waals surface area contributed by atoms with Crippen LogP contribution in [0.3, 0.4) is 0 Å². The summed E-state index contributed by atoms with van der Waals surface area (Å²) in [5.41, 5.74) is 1.75. The lowest BCUT2D eigenvalue weighted by Gasteiger charge is -2.33. The molecule has 1 fully saturated rings. The zero-order chi connectivity index (χ0) is 17.8. The molecular formula is C19H19N5O2. The number of nitrogens with zero attached hydrogens (tertiary/aromatic N) is 5. The van der Waals surface area contributed by atoms with Crippen LogP contribution >= 0.6 is 0 Å². The molecule has 0 N–H and O–H groups in total. The number of amides is 1. The Morgan fingerprint density at radius 2 is 1.92 bits per heavy atom. The second-order valence-corrected chi connectivity index (χ2v) is 6.19. The molecule has 0 radical (unpaired) electrons. The van der Waals surface area contributed by atoms with Crippen molar-refractivity contribution in [3.05, 3.63) is 60.8 Å². The number of pyridine rings is 1. The van der Waals surface area contributed by atoms with Crippen molar-refractivity contribution in [3.63, 3.8) is 0 Å². The van der Waals surface area contributed by atoms with Crippen LogP contribution in [0.4, 0.5) is 4.79 Å². The number of carbonyl (C=O) groups is 1. The monoisotopic (exact) mass is 349 g/mol. The van der Waals surface area contributed by atoms with Crippen molar-refractivity contribution in [1.82, 2.24) is 24.8 Å². The maximum Gasteiger partial charge on any atom is 0.415 e. The first-order valence-electron chi connectivity index (χ1n) is 8.57. The number of hydrogen-bond acceptors (Lipinski definition) is 6. The maximum atomic E-state index is 12.4. The molecule has 1 saturated heterocycles. The summed E-state index contributed by atoms with van der Waals surface area (Å²) in [7, 11) is 0. The van der Waals surface area contributed by atoms with Gasteiger partial charge in [-0.3, -0.25) is 19.9 Å². The number of piperazine rings is 1. The van der Waals surface area contributed by atoms with E-state index in [4.69, 9.17) is 4.74 Å². The van der Waals surface area contributed by atoms with E-state index in [-0.39, 0.29) is 6.09 Å². The molecule has 7 heteroatoms. The maximum absolute atomic E-state index is 12.4. The Morgan fingerprint density at radius 3 is 2.73 bits per heavy atom. The SMILES string of the molecule is O=C(Oc1ccc2cccnc2c1)N1CCN(Cc2cnccn2)CC1. The van der Waals surface area contributed by atoms with Crippen LogP contribution in [0, 0.1) is 0 Å². The average Bonchev–Trinajstić information content (AvgIpc) is 2.69. The van der Waals surface area contributed by atoms with Crippen molar-refractivity contribution in [3.8, 4) is 5.75 Å². The normalized spacial score (nSPS) is 15.2. The first-order valence-corrected chi connectivity index (χ1v) is 8.57. The van der Waals surface area contributed by atoms with Crippen LogP contribution in [-0.2, 0) is 6.54 Å². The fraction of sp³-hybridized carbons (Fsp3) is 0.263. The molecule has 0 bridgehead atoms. The molecule has 0 aliphatic carbocycles. The molecule has 7 nitrogen and oxygen atoms in total. The van der Waals surface area contributed by atoms with Crippen LogP contribution in [0.1, 0.15) is 5.69 Å². The lowest BCUT2D eigenvalue weighted by molar-refractivity contribution is 0.107. The van der Waals surface area contributed by atoms with E-state index in [9.17, 15) is 4.79 Å². The van der Waals surface area contributed by atoms with Gasteiger partial charge in [0.2, 0.25) is 0 Å². The van der Waals surface area contributed by atoms with E-state index in [1.807, 2.05) is 18.2 Å². The molecule has 0 unspecified atom stereocenters. The summed E-state index contributed by atoms with van der Waals surface area (Å²) in [5, 5.41) is 1.02. The van der Waals surface area contributed by atoms with Gasteiger partial charge < -0.3 is 9.64 Å². The molecule has 1 aliphatic heterocycles. The molecule has 0 saturated carbocycles. The standard InChI is InChI=1S/C19H19N5O2/c25-19(26-17-4-3-15-2-1-5-22-18(15)12-17)24-10-8-23(9-11-24)14-16-13-20-6-7-21-16/h1-7,12-13H,8-11,14H2. The van der Waals surface area contributed by atoms with Crippen molar-refractivity contribution in [2.45, 2.75) is 6.54 Å². The van der Waals surface area contributed by atoms with Gasteiger partial charge >= 0.3 is 6.09 Å². The number of rotatable bonds is 3. The van der Waals surface area contributed by atoms with Gasteiger partial charge in [0.05, 0.1) is 11.2 Å². The fourth-order valence-electron chi connectivity index (χ4n) is 3.00. The van der Waals surface area contributed by atoms with Gasteiger partial charge in [-0.25, -0.2) is 4.79 Å². The Balaban J connectivity index is 1.33. The lowest BCUT2D eigenvalue weighted by atomic mass is 10.2. The van der Waals surface area contributed by atoms with E-state index >= 15 is 0 Å². The van der Waals surface area contributed by atoms with Gasteiger partial charge in [0.25, 0.3) is 0 Å². The number of ether oxygens (including phenoxy) is 1. The first-order chi connectivity index (χ1) is 12.8. The minimum atomic E-state index is -0.320. The van der Waals surface area contributed by atoms with Crippen molar-refractivity contribution in [2.24, 2.45) is 0 Å². The molecular weight excluding hydrogens is 330 g/mol. The largest absolute Gasteiger partial charge is 0.415 e. The molecule has 1 aliphatic rings. The molecule has 1 aromatic carbocycles. The summed E-state index contributed by atoms with van der Waals surface area (Å²) in [6.45, 7) is 3.57. The van der Waals surface area contributed by atoms with Crippen LogP contribution in [0.25, 0.3) is 10.9 Å². The summed E-state index contributed by atoms with van der Waals surface area (Å²) in [4.78, 5) is 29.1. The van der Waals surface area contributed by atoms with Crippen LogP contribution < -0.4 is 4.74 Å². The predicted octanol–water partition coefficient (Wildman–Crippen LogP) is 2.34. The molecule has 26 heavy (non-hydrogen) atoms. The molecule has 0 atom stereocenters. The Hall–Kier alpha value is -3.06. The molecule has 0 spiro atoms. The van der Waals surface area contributed by atoms with Gasteiger partial charge in [0, 0.05) is 69.0 Å². The van der Waals surface area contributed by atoms with Crippen molar-refractivity contribution in [2.75, 3.05) is 26.2 Å². The topological polar surface area (TPSA) is 71.5 Å². The number of carbonyl (C=O) groups excluding carboxylic acids is 1. The molecule has 3 aromatic rings. The van der Waals surface area contributed by atoms with Gasteiger partial charge in [-0.15, -0.1) is 0 Å². The molecule has 4 rings (SSSR count). The third-order valence-corrected chi connectivity index (χ3v) is 4.42. The zero-order valence-electron chi connectivity index (χ0n) is 14.3. The van der Waals surface area contributed by atoms with Gasteiger partial charge in [-0.1, -0.05) is 6.07 Å². The van der Waals surface area contributed by atoms with E-state index in [1.54, 1.807) is 41.8 Å². The number of benzene rings is 1. The fourth-order valence-corrected chi connectivity index (χ4v) is 3.00. The number of aromatic nitrogens is 3. The third kappa shape index (κ3) is 3.78.